The van der Waals surface area contributed by atoms with E-state index in [0.717, 1.165) is 0 Å². The van der Waals surface area contributed by atoms with Gasteiger partial charge in [-0.2, -0.15) is 0 Å². The second-order valence-electron chi connectivity index (χ2n) is 5.48. The van der Waals surface area contributed by atoms with Crippen LogP contribution in [0, 0.1) is 0 Å². The summed E-state index contributed by atoms with van der Waals surface area (Å²) in [7, 11) is 0. The van der Waals surface area contributed by atoms with E-state index in [4.69, 9.17) is 4.74 Å². The van der Waals surface area contributed by atoms with Crippen molar-refractivity contribution < 1.29 is 14.6 Å². The Kier molecular flexibility index (Phi) is 4.97. The number of amides is 1. The molecule has 5 nitrogen and oxygen atoms in total. The molecule has 2 rings (SSSR count). The number of rotatable bonds is 5. The lowest BCUT2D eigenvalue weighted by atomic mass is 9.94. The molecular formula is C13H24N2O3. The molecule has 2 aliphatic rings. The van der Waals surface area contributed by atoms with E-state index in [-0.39, 0.29) is 5.91 Å². The summed E-state index contributed by atoms with van der Waals surface area (Å²) in [6, 6.07) is 0.502. The predicted octanol–water partition coefficient (Wildman–Crippen LogP) is 0.176. The van der Waals surface area contributed by atoms with Gasteiger partial charge < -0.3 is 20.5 Å². The molecule has 104 valence electrons. The van der Waals surface area contributed by atoms with Crippen molar-refractivity contribution in [3.05, 3.63) is 0 Å². The first-order chi connectivity index (χ1) is 8.68. The van der Waals surface area contributed by atoms with E-state index in [0.29, 0.717) is 45.2 Å². The number of hydrogen-bond donors (Lipinski definition) is 3. The number of hydrogen-bond acceptors (Lipinski definition) is 4. The molecule has 1 saturated heterocycles. The van der Waals surface area contributed by atoms with Gasteiger partial charge in [0.1, 0.15) is 0 Å². The van der Waals surface area contributed by atoms with Crippen LogP contribution in [0.4, 0.5) is 0 Å². The molecule has 1 heterocycles. The summed E-state index contributed by atoms with van der Waals surface area (Å²) >= 11 is 0. The molecule has 0 spiro atoms. The van der Waals surface area contributed by atoms with Gasteiger partial charge in [0.2, 0.25) is 5.91 Å². The van der Waals surface area contributed by atoms with Gasteiger partial charge in [-0.1, -0.05) is 12.8 Å². The molecule has 0 aromatic rings. The van der Waals surface area contributed by atoms with Gasteiger partial charge in [-0.25, -0.2) is 0 Å². The topological polar surface area (TPSA) is 70.6 Å². The van der Waals surface area contributed by atoms with Crippen molar-refractivity contribution in [2.24, 2.45) is 0 Å². The standard InChI is InChI=1S/C13H24N2O3/c16-12(9-14-11-3-1-2-4-11)15-10-13(17)5-7-18-8-6-13/h11,14,17H,1-10H2,(H,15,16). The fraction of sp³-hybridized carbons (Fsp3) is 0.923. The molecule has 0 radical (unpaired) electrons. The molecule has 2 fully saturated rings. The van der Waals surface area contributed by atoms with Gasteiger partial charge in [0.25, 0.3) is 0 Å². The third-order valence-electron chi connectivity index (χ3n) is 3.94. The van der Waals surface area contributed by atoms with Crippen LogP contribution in [0.25, 0.3) is 0 Å². The normalized spacial score (nSPS) is 24.1. The van der Waals surface area contributed by atoms with E-state index in [2.05, 4.69) is 10.6 Å². The average molecular weight is 256 g/mol. The summed E-state index contributed by atoms with van der Waals surface area (Å²) in [5.74, 6) is -0.0261. The van der Waals surface area contributed by atoms with Crippen LogP contribution in [0.15, 0.2) is 0 Å². The summed E-state index contributed by atoms with van der Waals surface area (Å²) in [6.07, 6.45) is 6.08. The van der Waals surface area contributed by atoms with Crippen LogP contribution in [0.2, 0.25) is 0 Å². The lowest BCUT2D eigenvalue weighted by Crippen LogP contribution is -2.48. The van der Waals surface area contributed by atoms with Crippen LogP contribution in [0.1, 0.15) is 38.5 Å². The minimum atomic E-state index is -0.777. The van der Waals surface area contributed by atoms with Crippen molar-refractivity contribution >= 4 is 5.91 Å². The zero-order chi connectivity index (χ0) is 12.8. The highest BCUT2D eigenvalue weighted by Gasteiger charge is 2.30. The third kappa shape index (κ3) is 4.23. The maximum Gasteiger partial charge on any atom is 0.234 e. The SMILES string of the molecule is O=C(CNC1CCCC1)NCC1(O)CCOCC1. The maximum atomic E-state index is 11.7. The van der Waals surface area contributed by atoms with E-state index >= 15 is 0 Å². The Bertz CT molecular complexity index is 271. The highest BCUT2D eigenvalue weighted by molar-refractivity contribution is 5.78. The Morgan fingerprint density at radius 2 is 1.94 bits per heavy atom. The number of carbonyl (C=O) groups excluding carboxylic acids is 1. The number of ether oxygens (including phenoxy) is 1. The quantitative estimate of drug-likeness (QED) is 0.656. The molecule has 1 amide bonds. The number of carbonyl (C=O) groups is 1. The Morgan fingerprint density at radius 1 is 1.28 bits per heavy atom. The zero-order valence-corrected chi connectivity index (χ0v) is 10.9. The van der Waals surface area contributed by atoms with Crippen molar-refractivity contribution in [3.8, 4) is 0 Å². The first kappa shape index (κ1) is 13.8. The van der Waals surface area contributed by atoms with Gasteiger partial charge >= 0.3 is 0 Å². The summed E-state index contributed by atoms with van der Waals surface area (Å²) in [4.78, 5) is 11.7. The Labute approximate surface area is 108 Å². The number of nitrogens with one attached hydrogen (secondary N) is 2. The van der Waals surface area contributed by atoms with E-state index in [1.54, 1.807) is 0 Å². The van der Waals surface area contributed by atoms with E-state index in [1.807, 2.05) is 0 Å². The minimum absolute atomic E-state index is 0.0261. The molecule has 0 atom stereocenters. The van der Waals surface area contributed by atoms with Crippen molar-refractivity contribution in [1.82, 2.24) is 10.6 Å². The van der Waals surface area contributed by atoms with Crippen LogP contribution in [0.5, 0.6) is 0 Å². The highest BCUT2D eigenvalue weighted by atomic mass is 16.5. The minimum Gasteiger partial charge on any atom is -0.388 e. The van der Waals surface area contributed by atoms with Crippen molar-refractivity contribution in [2.45, 2.75) is 50.2 Å². The summed E-state index contributed by atoms with van der Waals surface area (Å²) < 4.78 is 5.20. The molecule has 1 aliphatic carbocycles. The van der Waals surface area contributed by atoms with Crippen LogP contribution < -0.4 is 10.6 Å². The fourth-order valence-corrected chi connectivity index (χ4v) is 2.62. The van der Waals surface area contributed by atoms with E-state index < -0.39 is 5.60 Å². The highest BCUT2D eigenvalue weighted by Crippen LogP contribution is 2.19. The van der Waals surface area contributed by atoms with Crippen LogP contribution >= 0.6 is 0 Å². The molecule has 0 aromatic carbocycles. The van der Waals surface area contributed by atoms with Gasteiger partial charge in [-0.3, -0.25) is 4.79 Å². The van der Waals surface area contributed by atoms with E-state index in [1.165, 1.54) is 25.7 Å². The second kappa shape index (κ2) is 6.50. The Morgan fingerprint density at radius 3 is 2.61 bits per heavy atom. The average Bonchev–Trinajstić information content (AvgIpc) is 2.88. The molecule has 0 unspecified atom stereocenters. The first-order valence-electron chi connectivity index (χ1n) is 6.98. The Balaban J connectivity index is 1.61. The Hall–Kier alpha value is -0.650. The first-order valence-corrected chi connectivity index (χ1v) is 6.98. The predicted molar refractivity (Wildman–Crippen MR) is 68.3 cm³/mol. The van der Waals surface area contributed by atoms with Gasteiger partial charge in [0.05, 0.1) is 12.1 Å². The fourth-order valence-electron chi connectivity index (χ4n) is 2.62. The van der Waals surface area contributed by atoms with E-state index in [9.17, 15) is 9.90 Å². The molecule has 1 aliphatic heterocycles. The molecule has 1 saturated carbocycles. The lowest BCUT2D eigenvalue weighted by molar-refractivity contribution is -0.123. The lowest BCUT2D eigenvalue weighted by Gasteiger charge is -2.32. The van der Waals surface area contributed by atoms with Gasteiger partial charge in [0, 0.05) is 38.6 Å². The second-order valence-corrected chi connectivity index (χ2v) is 5.48. The zero-order valence-electron chi connectivity index (χ0n) is 10.9. The van der Waals surface area contributed by atoms with Crippen molar-refractivity contribution in [1.29, 1.82) is 0 Å². The smallest absolute Gasteiger partial charge is 0.234 e. The summed E-state index contributed by atoms with van der Waals surface area (Å²) in [5, 5.41) is 16.3. The van der Waals surface area contributed by atoms with Crippen molar-refractivity contribution in [3.63, 3.8) is 0 Å². The van der Waals surface area contributed by atoms with Crippen LogP contribution in [-0.2, 0) is 9.53 Å². The molecule has 5 heteroatoms. The summed E-state index contributed by atoms with van der Waals surface area (Å²) in [5.41, 5.74) is -0.777. The van der Waals surface area contributed by atoms with Gasteiger partial charge in [0.15, 0.2) is 0 Å². The summed E-state index contributed by atoms with van der Waals surface area (Å²) in [6.45, 7) is 1.85. The molecule has 0 aromatic heterocycles. The third-order valence-corrected chi connectivity index (χ3v) is 3.94. The van der Waals surface area contributed by atoms with Gasteiger partial charge in [-0.15, -0.1) is 0 Å². The van der Waals surface area contributed by atoms with Crippen molar-refractivity contribution in [2.75, 3.05) is 26.3 Å². The molecule has 0 bridgehead atoms. The number of aliphatic hydroxyl groups is 1. The molecule has 3 N–H and O–H groups in total. The molecular weight excluding hydrogens is 232 g/mol. The molecule has 18 heavy (non-hydrogen) atoms. The monoisotopic (exact) mass is 256 g/mol. The van der Waals surface area contributed by atoms with Crippen LogP contribution in [-0.4, -0.2) is 49.0 Å². The van der Waals surface area contributed by atoms with Crippen LogP contribution in [0.3, 0.4) is 0 Å². The van der Waals surface area contributed by atoms with Gasteiger partial charge in [-0.05, 0) is 12.8 Å². The largest absolute Gasteiger partial charge is 0.388 e. The maximum absolute atomic E-state index is 11.7.